The highest BCUT2D eigenvalue weighted by Crippen LogP contribution is 2.32. The number of carbonyl (C=O) groups excluding carboxylic acids is 1. The molecule has 0 radical (unpaired) electrons. The monoisotopic (exact) mass is 486 g/mol. The van der Waals surface area contributed by atoms with Crippen LogP contribution in [0.5, 0.6) is 5.75 Å². The predicted molar refractivity (Wildman–Crippen MR) is 124 cm³/mol. The summed E-state index contributed by atoms with van der Waals surface area (Å²) in [5.41, 5.74) is 2.48. The number of anilines is 1. The second-order valence-corrected chi connectivity index (χ2v) is 9.80. The summed E-state index contributed by atoms with van der Waals surface area (Å²) in [7, 11) is -2.97. The van der Waals surface area contributed by atoms with Crippen LogP contribution < -0.4 is 14.4 Å². The molecule has 1 amide bonds. The molecular formula is C24H23FN2O6S. The molecule has 3 heterocycles. The highest BCUT2D eigenvalue weighted by atomic mass is 32.2. The van der Waals surface area contributed by atoms with Gasteiger partial charge in [-0.15, -0.1) is 0 Å². The molecule has 178 valence electrons. The predicted octanol–water partition coefficient (Wildman–Crippen LogP) is 3.71. The van der Waals surface area contributed by atoms with Crippen LogP contribution in [0.4, 0.5) is 10.1 Å². The molecule has 2 aliphatic rings. The van der Waals surface area contributed by atoms with Gasteiger partial charge in [0, 0.05) is 30.9 Å². The molecule has 0 bridgehead atoms. The summed E-state index contributed by atoms with van der Waals surface area (Å²) >= 11 is 0. The minimum atomic E-state index is -4.32. The number of ether oxygens (including phenoxy) is 2. The number of amides is 1. The lowest BCUT2D eigenvalue weighted by Crippen LogP contribution is -2.36. The zero-order valence-electron chi connectivity index (χ0n) is 18.5. The molecule has 8 nitrogen and oxygen atoms in total. The lowest BCUT2D eigenvalue weighted by molar-refractivity contribution is 0.0956. The number of carbonyl (C=O) groups is 1. The highest BCUT2D eigenvalue weighted by Gasteiger charge is 2.27. The molecule has 3 aromatic rings. The molecule has 1 aromatic heterocycles. The molecule has 2 aliphatic heterocycles. The van der Waals surface area contributed by atoms with Crippen LogP contribution in [-0.2, 0) is 14.8 Å². The Morgan fingerprint density at radius 3 is 2.68 bits per heavy atom. The van der Waals surface area contributed by atoms with Crippen LogP contribution in [0.25, 0.3) is 16.5 Å². The van der Waals surface area contributed by atoms with E-state index in [1.54, 1.807) is 18.2 Å². The molecule has 1 saturated heterocycles. The number of halogens is 1. The summed E-state index contributed by atoms with van der Waals surface area (Å²) in [4.78, 5) is 14.6. The second-order valence-electron chi connectivity index (χ2n) is 8.15. The number of benzene rings is 2. The fraction of sp³-hybridized carbons (Fsp3) is 0.292. The molecule has 0 aliphatic carbocycles. The van der Waals surface area contributed by atoms with Crippen LogP contribution in [0, 0.1) is 5.82 Å². The fourth-order valence-corrected chi connectivity index (χ4v) is 5.21. The molecule has 0 unspecified atom stereocenters. The van der Waals surface area contributed by atoms with Gasteiger partial charge in [0.15, 0.2) is 5.76 Å². The van der Waals surface area contributed by atoms with Crippen molar-refractivity contribution in [3.63, 3.8) is 0 Å². The van der Waals surface area contributed by atoms with Gasteiger partial charge >= 0.3 is 5.91 Å². The van der Waals surface area contributed by atoms with Gasteiger partial charge in [-0.2, -0.15) is 0 Å². The van der Waals surface area contributed by atoms with E-state index in [0.29, 0.717) is 30.9 Å². The Morgan fingerprint density at radius 2 is 2.00 bits per heavy atom. The molecular weight excluding hydrogens is 463 g/mol. The van der Waals surface area contributed by atoms with Gasteiger partial charge in [0.2, 0.25) is 0 Å². The number of hydrogen-bond donors (Lipinski definition) is 1. The molecule has 2 aromatic carbocycles. The third-order valence-electron chi connectivity index (χ3n) is 6.03. The average molecular weight is 487 g/mol. The summed E-state index contributed by atoms with van der Waals surface area (Å²) in [6.45, 7) is 2.63. The highest BCUT2D eigenvalue weighted by molar-refractivity contribution is 7.90. The van der Waals surface area contributed by atoms with Gasteiger partial charge in [-0.25, -0.2) is 17.5 Å². The Balaban J connectivity index is 1.44. The van der Waals surface area contributed by atoms with Crippen molar-refractivity contribution < 1.29 is 31.5 Å². The number of rotatable bonds is 6. The Kier molecular flexibility index (Phi) is 5.78. The van der Waals surface area contributed by atoms with E-state index < -0.39 is 21.7 Å². The molecule has 0 saturated carbocycles. The lowest BCUT2D eigenvalue weighted by Gasteiger charge is -2.33. The molecule has 0 spiro atoms. The molecule has 5 rings (SSSR count). The summed E-state index contributed by atoms with van der Waals surface area (Å²) in [5.74, 6) is -1.75. The van der Waals surface area contributed by atoms with E-state index in [1.807, 2.05) is 15.7 Å². The summed E-state index contributed by atoms with van der Waals surface area (Å²) in [6.07, 6.45) is 3.55. The standard InChI is InChI=1S/C24H23FN2O6S/c1-31-20-4-3-16(15-5-9-32-10-6-15)11-23(20)34(29,30)26-24(28)22-14-18-19(25)12-17(13-21(18)33-22)27-7-2-8-27/h3-5,11-14H,2,6-10H2,1H3,(H,26,28). The van der Waals surface area contributed by atoms with Crippen molar-refractivity contribution in [3.05, 3.63) is 59.6 Å². The van der Waals surface area contributed by atoms with Crippen molar-refractivity contribution in [2.45, 2.75) is 17.7 Å². The van der Waals surface area contributed by atoms with E-state index in [4.69, 9.17) is 13.9 Å². The smallest absolute Gasteiger partial charge is 0.300 e. The van der Waals surface area contributed by atoms with E-state index in [2.05, 4.69) is 0 Å². The van der Waals surface area contributed by atoms with Gasteiger partial charge in [-0.05, 0) is 42.2 Å². The summed E-state index contributed by atoms with van der Waals surface area (Å²) in [5, 5.41) is 0.109. The fourth-order valence-electron chi connectivity index (χ4n) is 4.05. The Bertz CT molecular complexity index is 1410. The third-order valence-corrected chi connectivity index (χ3v) is 7.38. The van der Waals surface area contributed by atoms with Crippen molar-refractivity contribution in [2.24, 2.45) is 0 Å². The second kappa shape index (κ2) is 8.77. The van der Waals surface area contributed by atoms with Crippen LogP contribution in [0.1, 0.15) is 29.0 Å². The van der Waals surface area contributed by atoms with E-state index >= 15 is 0 Å². The first-order valence-electron chi connectivity index (χ1n) is 10.9. The Hall–Kier alpha value is -3.37. The van der Waals surface area contributed by atoms with Crippen molar-refractivity contribution in [1.82, 2.24) is 4.72 Å². The van der Waals surface area contributed by atoms with Crippen LogP contribution >= 0.6 is 0 Å². The molecule has 1 fully saturated rings. The van der Waals surface area contributed by atoms with Gasteiger partial charge in [-0.3, -0.25) is 4.79 Å². The Morgan fingerprint density at radius 1 is 1.18 bits per heavy atom. The number of fused-ring (bicyclic) bond motifs is 1. The van der Waals surface area contributed by atoms with Crippen LogP contribution in [-0.4, -0.2) is 47.7 Å². The first-order valence-corrected chi connectivity index (χ1v) is 12.3. The zero-order chi connectivity index (χ0) is 23.9. The van der Waals surface area contributed by atoms with Crippen LogP contribution in [0.15, 0.2) is 51.8 Å². The topological polar surface area (TPSA) is 98.1 Å². The quantitative estimate of drug-likeness (QED) is 0.567. The van der Waals surface area contributed by atoms with Gasteiger partial charge in [0.05, 0.1) is 25.7 Å². The summed E-state index contributed by atoms with van der Waals surface area (Å²) in [6, 6.07) is 9.00. The molecule has 34 heavy (non-hydrogen) atoms. The van der Waals surface area contributed by atoms with Gasteiger partial charge in [0.1, 0.15) is 22.0 Å². The van der Waals surface area contributed by atoms with Gasteiger partial charge in [0.25, 0.3) is 10.0 Å². The number of methoxy groups -OCH3 is 1. The Labute approximate surface area is 196 Å². The van der Waals surface area contributed by atoms with E-state index in [0.717, 1.165) is 25.1 Å². The number of sulfonamides is 1. The maximum Gasteiger partial charge on any atom is 0.300 e. The first kappa shape index (κ1) is 22.4. The van der Waals surface area contributed by atoms with Gasteiger partial charge in [-0.1, -0.05) is 12.1 Å². The van der Waals surface area contributed by atoms with Gasteiger partial charge < -0.3 is 18.8 Å². The lowest BCUT2D eigenvalue weighted by atomic mass is 10.0. The molecule has 0 atom stereocenters. The molecule has 10 heteroatoms. The largest absolute Gasteiger partial charge is 0.495 e. The SMILES string of the molecule is COc1ccc(C2=CCOCC2)cc1S(=O)(=O)NC(=O)c1cc2c(F)cc(N3CCC3)cc2o1. The van der Waals surface area contributed by atoms with E-state index in [-0.39, 0.29) is 27.4 Å². The van der Waals surface area contributed by atoms with Crippen molar-refractivity contribution in [3.8, 4) is 5.75 Å². The minimum Gasteiger partial charge on any atom is -0.495 e. The maximum atomic E-state index is 14.6. The third kappa shape index (κ3) is 4.14. The number of furan rings is 1. The molecule has 1 N–H and O–H groups in total. The zero-order valence-corrected chi connectivity index (χ0v) is 19.3. The summed E-state index contributed by atoms with van der Waals surface area (Å²) < 4.78 is 58.9. The van der Waals surface area contributed by atoms with Crippen molar-refractivity contribution in [2.75, 3.05) is 38.3 Å². The average Bonchev–Trinajstić information content (AvgIpc) is 3.23. The number of nitrogens with one attached hydrogen (secondary N) is 1. The first-order chi connectivity index (χ1) is 16.4. The van der Waals surface area contributed by atoms with Crippen molar-refractivity contribution >= 4 is 38.2 Å². The minimum absolute atomic E-state index is 0.0894. The van der Waals surface area contributed by atoms with E-state index in [1.165, 1.54) is 25.3 Å². The van der Waals surface area contributed by atoms with Crippen molar-refractivity contribution in [1.29, 1.82) is 0 Å². The van der Waals surface area contributed by atoms with E-state index in [9.17, 15) is 17.6 Å². The number of hydrogen-bond acceptors (Lipinski definition) is 7. The van der Waals surface area contributed by atoms with Crippen LogP contribution in [0.3, 0.4) is 0 Å². The normalized spacial score (nSPS) is 16.2. The van der Waals surface area contributed by atoms with Crippen LogP contribution in [0.2, 0.25) is 0 Å². The number of nitrogens with zero attached hydrogens (tertiary/aromatic N) is 1. The maximum absolute atomic E-state index is 14.6.